The van der Waals surface area contributed by atoms with Gasteiger partial charge < -0.3 is 10.5 Å². The predicted molar refractivity (Wildman–Crippen MR) is 52.5 cm³/mol. The molecule has 0 aliphatic rings. The van der Waals surface area contributed by atoms with Crippen LogP contribution in [0.1, 0.15) is 5.69 Å². The second kappa shape index (κ2) is 4.01. The highest BCUT2D eigenvalue weighted by Crippen LogP contribution is 2.12. The summed E-state index contributed by atoms with van der Waals surface area (Å²) in [5, 5.41) is 6.39. The molecule has 0 radical (unpaired) electrons. The average molecular weight is 206 g/mol. The van der Waals surface area contributed by atoms with E-state index in [1.54, 1.807) is 13.2 Å². The highest BCUT2D eigenvalue weighted by Gasteiger charge is 2.05. The number of nitrogens with zero attached hydrogens (tertiary/aromatic N) is 4. The van der Waals surface area contributed by atoms with Crippen molar-refractivity contribution in [2.75, 3.05) is 12.8 Å². The molecule has 2 aromatic rings. The molecule has 3 N–H and O–H groups in total. The lowest BCUT2D eigenvalue weighted by Crippen LogP contribution is -1.95. The maximum atomic E-state index is 5.39. The van der Waals surface area contributed by atoms with Gasteiger partial charge in [-0.3, -0.25) is 5.10 Å². The number of anilines is 1. The Morgan fingerprint density at radius 2 is 2.33 bits per heavy atom. The average Bonchev–Trinajstić information content (AvgIpc) is 2.66. The number of nitrogens with one attached hydrogen (secondary N) is 1. The van der Waals surface area contributed by atoms with Gasteiger partial charge in [-0.15, -0.1) is 5.10 Å². The smallest absolute Gasteiger partial charge is 0.239 e. The molecule has 0 atom stereocenters. The molecule has 0 amide bonds. The Balaban J connectivity index is 2.32. The van der Waals surface area contributed by atoms with Crippen molar-refractivity contribution in [3.63, 3.8) is 0 Å². The Hall–Kier alpha value is -2.02. The minimum Gasteiger partial charge on any atom is -0.378 e. The lowest BCUT2D eigenvalue weighted by atomic mass is 10.3. The van der Waals surface area contributed by atoms with E-state index in [2.05, 4.69) is 25.1 Å². The van der Waals surface area contributed by atoms with Crippen LogP contribution in [-0.2, 0) is 11.3 Å². The Morgan fingerprint density at radius 3 is 3.00 bits per heavy atom. The van der Waals surface area contributed by atoms with Crippen LogP contribution in [-0.4, -0.2) is 32.3 Å². The summed E-state index contributed by atoms with van der Waals surface area (Å²) in [4.78, 5) is 12.0. The van der Waals surface area contributed by atoms with Crippen LogP contribution >= 0.6 is 0 Å². The Labute approximate surface area is 85.7 Å². The first-order valence-corrected chi connectivity index (χ1v) is 4.27. The van der Waals surface area contributed by atoms with Crippen LogP contribution in [0.2, 0.25) is 0 Å². The number of methoxy groups -OCH3 is 1. The summed E-state index contributed by atoms with van der Waals surface area (Å²) < 4.78 is 4.96. The SMILES string of the molecule is COCc1cc(-c2nc(N)n[nH]2)ncn1. The van der Waals surface area contributed by atoms with Gasteiger partial charge in [0.05, 0.1) is 12.3 Å². The molecule has 7 nitrogen and oxygen atoms in total. The van der Waals surface area contributed by atoms with Gasteiger partial charge in [-0.1, -0.05) is 0 Å². The highest BCUT2D eigenvalue weighted by atomic mass is 16.5. The van der Waals surface area contributed by atoms with Gasteiger partial charge in [-0.25, -0.2) is 9.97 Å². The zero-order valence-corrected chi connectivity index (χ0v) is 8.14. The van der Waals surface area contributed by atoms with E-state index in [1.807, 2.05) is 0 Å². The number of H-pyrrole nitrogens is 1. The van der Waals surface area contributed by atoms with E-state index in [4.69, 9.17) is 10.5 Å². The third-order valence-electron chi connectivity index (χ3n) is 1.76. The van der Waals surface area contributed by atoms with Gasteiger partial charge in [0.15, 0.2) is 5.82 Å². The normalized spacial score (nSPS) is 10.5. The van der Waals surface area contributed by atoms with E-state index in [9.17, 15) is 0 Å². The van der Waals surface area contributed by atoms with Crippen LogP contribution in [0.4, 0.5) is 5.95 Å². The van der Waals surface area contributed by atoms with E-state index in [1.165, 1.54) is 6.33 Å². The number of hydrogen-bond acceptors (Lipinski definition) is 6. The van der Waals surface area contributed by atoms with Crippen molar-refractivity contribution in [3.8, 4) is 11.5 Å². The topological polar surface area (TPSA) is 103 Å². The van der Waals surface area contributed by atoms with E-state index in [0.29, 0.717) is 18.1 Å². The Morgan fingerprint density at radius 1 is 1.47 bits per heavy atom. The number of aromatic nitrogens is 5. The van der Waals surface area contributed by atoms with E-state index in [0.717, 1.165) is 5.69 Å². The van der Waals surface area contributed by atoms with Crippen molar-refractivity contribution in [3.05, 3.63) is 18.1 Å². The van der Waals surface area contributed by atoms with E-state index >= 15 is 0 Å². The summed E-state index contributed by atoms with van der Waals surface area (Å²) in [7, 11) is 1.61. The van der Waals surface area contributed by atoms with Gasteiger partial charge in [0, 0.05) is 7.11 Å². The molecular formula is C8H10N6O. The molecule has 0 saturated heterocycles. The fraction of sp³-hybridized carbons (Fsp3) is 0.250. The first-order chi connectivity index (χ1) is 7.29. The predicted octanol–water partition coefficient (Wildman–Crippen LogP) is -0.00970. The third-order valence-corrected chi connectivity index (χ3v) is 1.76. The lowest BCUT2D eigenvalue weighted by Gasteiger charge is -1.99. The van der Waals surface area contributed by atoms with Crippen LogP contribution in [0.5, 0.6) is 0 Å². The molecule has 7 heteroatoms. The number of hydrogen-bond donors (Lipinski definition) is 2. The number of rotatable bonds is 3. The van der Waals surface area contributed by atoms with Crippen molar-refractivity contribution in [2.24, 2.45) is 0 Å². The number of aromatic amines is 1. The van der Waals surface area contributed by atoms with Crippen molar-refractivity contribution in [2.45, 2.75) is 6.61 Å². The summed E-state index contributed by atoms with van der Waals surface area (Å²) >= 11 is 0. The van der Waals surface area contributed by atoms with Crippen molar-refractivity contribution in [1.82, 2.24) is 25.1 Å². The minimum atomic E-state index is 0.192. The number of ether oxygens (including phenoxy) is 1. The quantitative estimate of drug-likeness (QED) is 0.732. The van der Waals surface area contributed by atoms with Gasteiger partial charge in [0.2, 0.25) is 5.95 Å². The summed E-state index contributed by atoms with van der Waals surface area (Å²) in [6.07, 6.45) is 1.45. The molecule has 0 spiro atoms. The molecule has 0 aromatic carbocycles. The molecule has 0 aliphatic heterocycles. The van der Waals surface area contributed by atoms with Crippen LogP contribution in [0.3, 0.4) is 0 Å². The van der Waals surface area contributed by atoms with Gasteiger partial charge in [0.1, 0.15) is 12.0 Å². The van der Waals surface area contributed by atoms with Crippen molar-refractivity contribution in [1.29, 1.82) is 0 Å². The molecule has 0 bridgehead atoms. The van der Waals surface area contributed by atoms with E-state index < -0.39 is 0 Å². The maximum Gasteiger partial charge on any atom is 0.239 e. The second-order valence-electron chi connectivity index (χ2n) is 2.87. The molecule has 78 valence electrons. The molecule has 0 fully saturated rings. The van der Waals surface area contributed by atoms with Crippen molar-refractivity contribution >= 4 is 5.95 Å². The van der Waals surface area contributed by atoms with Crippen LogP contribution in [0.25, 0.3) is 11.5 Å². The molecule has 0 aliphatic carbocycles. The molecule has 2 heterocycles. The molecule has 0 saturated carbocycles. The molecular weight excluding hydrogens is 196 g/mol. The van der Waals surface area contributed by atoms with Gasteiger partial charge in [0.25, 0.3) is 0 Å². The van der Waals surface area contributed by atoms with Crippen LogP contribution in [0.15, 0.2) is 12.4 Å². The number of nitrogens with two attached hydrogens (primary N) is 1. The van der Waals surface area contributed by atoms with Gasteiger partial charge >= 0.3 is 0 Å². The first kappa shape index (κ1) is 9.53. The molecule has 15 heavy (non-hydrogen) atoms. The monoisotopic (exact) mass is 206 g/mol. The standard InChI is InChI=1S/C8H10N6O/c1-15-3-5-2-6(11-4-10-5)7-12-8(9)14-13-7/h2,4H,3H2,1H3,(H3,9,12,13,14). The lowest BCUT2D eigenvalue weighted by molar-refractivity contribution is 0.181. The van der Waals surface area contributed by atoms with Crippen molar-refractivity contribution < 1.29 is 4.74 Å². The summed E-state index contributed by atoms with van der Waals surface area (Å²) in [5.74, 6) is 0.712. The molecule has 0 unspecified atom stereocenters. The Bertz CT molecular complexity index is 454. The minimum absolute atomic E-state index is 0.192. The highest BCUT2D eigenvalue weighted by molar-refractivity contribution is 5.49. The molecule has 2 rings (SSSR count). The summed E-state index contributed by atoms with van der Waals surface area (Å²) in [6.45, 7) is 0.430. The third kappa shape index (κ3) is 2.08. The zero-order valence-electron chi connectivity index (χ0n) is 8.14. The van der Waals surface area contributed by atoms with Gasteiger partial charge in [-0.05, 0) is 6.07 Å². The fourth-order valence-electron chi connectivity index (χ4n) is 1.14. The number of nitrogen functional groups attached to an aromatic ring is 1. The molecule has 2 aromatic heterocycles. The van der Waals surface area contributed by atoms with Gasteiger partial charge in [-0.2, -0.15) is 4.98 Å². The van der Waals surface area contributed by atoms with Crippen LogP contribution in [0, 0.1) is 0 Å². The van der Waals surface area contributed by atoms with E-state index in [-0.39, 0.29) is 5.95 Å². The first-order valence-electron chi connectivity index (χ1n) is 4.27. The Kier molecular flexibility index (Phi) is 2.55. The second-order valence-corrected chi connectivity index (χ2v) is 2.87. The zero-order chi connectivity index (χ0) is 10.7. The summed E-state index contributed by atoms with van der Waals surface area (Å²) in [5.41, 5.74) is 6.81. The summed E-state index contributed by atoms with van der Waals surface area (Å²) in [6, 6.07) is 1.77. The largest absolute Gasteiger partial charge is 0.378 e. The maximum absolute atomic E-state index is 5.39. The fourth-order valence-corrected chi connectivity index (χ4v) is 1.14. The van der Waals surface area contributed by atoms with Crippen LogP contribution < -0.4 is 5.73 Å².